The molecule has 8 nitrogen and oxygen atoms in total. The lowest BCUT2D eigenvalue weighted by atomic mass is 10.1. The van der Waals surface area contributed by atoms with E-state index in [-0.39, 0.29) is 18.0 Å². The van der Waals surface area contributed by atoms with Gasteiger partial charge in [-0.25, -0.2) is 9.67 Å². The molecule has 0 atom stereocenters. The number of hydrogen-bond acceptors (Lipinski definition) is 5. The number of para-hydroxylation sites is 2. The van der Waals surface area contributed by atoms with Crippen LogP contribution in [-0.4, -0.2) is 31.8 Å². The van der Waals surface area contributed by atoms with E-state index in [1.165, 1.54) is 17.1 Å². The van der Waals surface area contributed by atoms with Crippen molar-refractivity contribution >= 4 is 22.6 Å². The van der Waals surface area contributed by atoms with Crippen LogP contribution in [-0.2, 0) is 11.3 Å². The van der Waals surface area contributed by atoms with Crippen molar-refractivity contribution in [1.29, 1.82) is 0 Å². The molecule has 0 spiro atoms. The van der Waals surface area contributed by atoms with Gasteiger partial charge < -0.3 is 10.1 Å². The number of carbonyl (C=O) groups is 1. The highest BCUT2D eigenvalue weighted by Crippen LogP contribution is 2.23. The van der Waals surface area contributed by atoms with Gasteiger partial charge in [-0.2, -0.15) is 5.10 Å². The van der Waals surface area contributed by atoms with E-state index in [4.69, 9.17) is 4.74 Å². The van der Waals surface area contributed by atoms with Gasteiger partial charge in [0.15, 0.2) is 5.65 Å². The third kappa shape index (κ3) is 4.05. The molecule has 8 heteroatoms. The Labute approximate surface area is 179 Å². The van der Waals surface area contributed by atoms with Crippen LogP contribution in [0.2, 0.25) is 0 Å². The Morgan fingerprint density at radius 3 is 2.74 bits per heavy atom. The van der Waals surface area contributed by atoms with Crippen molar-refractivity contribution in [2.45, 2.75) is 27.3 Å². The highest BCUT2D eigenvalue weighted by Gasteiger charge is 2.15. The number of aromatic nitrogens is 4. The number of rotatable bonds is 6. The van der Waals surface area contributed by atoms with Crippen LogP contribution in [0.3, 0.4) is 0 Å². The van der Waals surface area contributed by atoms with Gasteiger partial charge in [0.25, 0.3) is 5.56 Å². The minimum atomic E-state index is -0.350. The molecule has 0 bridgehead atoms. The number of fused-ring (bicyclic) bond motifs is 1. The monoisotopic (exact) mass is 417 g/mol. The molecule has 0 aliphatic rings. The molecule has 0 radical (unpaired) electrons. The number of benzene rings is 2. The Morgan fingerprint density at radius 2 is 1.97 bits per heavy atom. The lowest BCUT2D eigenvalue weighted by molar-refractivity contribution is -0.116. The van der Waals surface area contributed by atoms with Crippen molar-refractivity contribution in [1.82, 2.24) is 19.3 Å². The minimum absolute atomic E-state index is 0.170. The minimum Gasteiger partial charge on any atom is -0.492 e. The zero-order chi connectivity index (χ0) is 22.0. The molecule has 0 fully saturated rings. The maximum Gasteiger partial charge on any atom is 0.264 e. The van der Waals surface area contributed by atoms with Gasteiger partial charge in [0.2, 0.25) is 5.91 Å². The predicted octanol–water partition coefficient (Wildman–Crippen LogP) is 3.24. The molecule has 1 amide bonds. The number of nitrogens with one attached hydrogen (secondary N) is 1. The summed E-state index contributed by atoms with van der Waals surface area (Å²) in [6.45, 7) is 6.19. The first kappa shape index (κ1) is 20.3. The second-order valence-electron chi connectivity index (χ2n) is 7.24. The number of nitrogens with zero attached hydrogens (tertiary/aromatic N) is 4. The van der Waals surface area contributed by atoms with Crippen molar-refractivity contribution in [2.24, 2.45) is 0 Å². The van der Waals surface area contributed by atoms with Crippen LogP contribution >= 0.6 is 0 Å². The second-order valence-corrected chi connectivity index (χ2v) is 7.24. The summed E-state index contributed by atoms with van der Waals surface area (Å²) in [4.78, 5) is 29.9. The first-order valence-electron chi connectivity index (χ1n) is 10.0. The van der Waals surface area contributed by atoms with Gasteiger partial charge in [0, 0.05) is 0 Å². The zero-order valence-electron chi connectivity index (χ0n) is 17.6. The van der Waals surface area contributed by atoms with Crippen molar-refractivity contribution in [3.05, 3.63) is 76.5 Å². The van der Waals surface area contributed by atoms with Gasteiger partial charge in [-0.05, 0) is 44.5 Å². The average molecular weight is 417 g/mol. The molecule has 0 aliphatic heterocycles. The summed E-state index contributed by atoms with van der Waals surface area (Å²) in [6, 6.07) is 13.2. The molecule has 2 heterocycles. The molecule has 4 rings (SSSR count). The smallest absolute Gasteiger partial charge is 0.264 e. The molecule has 31 heavy (non-hydrogen) atoms. The van der Waals surface area contributed by atoms with E-state index >= 15 is 0 Å². The molecule has 1 N–H and O–H groups in total. The third-order valence-electron chi connectivity index (χ3n) is 4.91. The summed E-state index contributed by atoms with van der Waals surface area (Å²) in [5.41, 5.74) is 3.72. The molecule has 0 saturated carbocycles. The summed E-state index contributed by atoms with van der Waals surface area (Å²) in [5, 5.41) is 7.50. The zero-order valence-corrected chi connectivity index (χ0v) is 17.6. The normalized spacial score (nSPS) is 10.9. The van der Waals surface area contributed by atoms with E-state index in [2.05, 4.69) is 21.5 Å². The Hall–Kier alpha value is -3.94. The number of amides is 1. The summed E-state index contributed by atoms with van der Waals surface area (Å²) >= 11 is 0. The second kappa shape index (κ2) is 8.43. The van der Waals surface area contributed by atoms with Crippen molar-refractivity contribution in [2.75, 3.05) is 11.9 Å². The van der Waals surface area contributed by atoms with Gasteiger partial charge in [-0.1, -0.05) is 29.8 Å². The van der Waals surface area contributed by atoms with Crippen LogP contribution < -0.4 is 15.6 Å². The first-order chi connectivity index (χ1) is 15.0. The lowest BCUT2D eigenvalue weighted by Gasteiger charge is -2.12. The van der Waals surface area contributed by atoms with Crippen LogP contribution in [0.15, 0.2) is 59.8 Å². The lowest BCUT2D eigenvalue weighted by Crippen LogP contribution is -2.28. The highest BCUT2D eigenvalue weighted by molar-refractivity contribution is 5.92. The quantitative estimate of drug-likeness (QED) is 0.520. The fraction of sp³-hybridized carbons (Fsp3) is 0.217. The van der Waals surface area contributed by atoms with Gasteiger partial charge in [0.1, 0.15) is 24.0 Å². The van der Waals surface area contributed by atoms with E-state index in [0.717, 1.165) is 16.8 Å². The van der Waals surface area contributed by atoms with Crippen LogP contribution in [0.1, 0.15) is 18.1 Å². The van der Waals surface area contributed by atoms with E-state index in [1.807, 2.05) is 39.0 Å². The number of carbonyl (C=O) groups excluding carboxylic acids is 1. The van der Waals surface area contributed by atoms with Gasteiger partial charge in [-0.15, -0.1) is 0 Å². The van der Waals surface area contributed by atoms with E-state index in [9.17, 15) is 9.59 Å². The molecule has 0 aliphatic carbocycles. The van der Waals surface area contributed by atoms with Gasteiger partial charge in [0.05, 0.1) is 24.2 Å². The number of anilines is 1. The molecule has 0 saturated heterocycles. The van der Waals surface area contributed by atoms with Crippen LogP contribution in [0.25, 0.3) is 16.7 Å². The van der Waals surface area contributed by atoms with E-state index < -0.39 is 0 Å². The summed E-state index contributed by atoms with van der Waals surface area (Å²) in [5.74, 6) is 0.228. The highest BCUT2D eigenvalue weighted by atomic mass is 16.5. The van der Waals surface area contributed by atoms with Gasteiger partial charge in [-0.3, -0.25) is 14.2 Å². The molecule has 4 aromatic rings. The maximum absolute atomic E-state index is 12.9. The Morgan fingerprint density at radius 1 is 1.16 bits per heavy atom. The molecule has 158 valence electrons. The number of ether oxygens (including phenoxy) is 1. The fourth-order valence-corrected chi connectivity index (χ4v) is 3.48. The standard InChI is InChI=1S/C23H23N5O3/c1-4-31-20-8-6-5-7-18(20)26-21(29)13-27-14-24-22-17(23(27)30)12-25-28(22)19-10-9-15(2)11-16(19)3/h5-12,14H,4,13H2,1-3H3,(H,26,29). The Balaban J connectivity index is 1.61. The fourth-order valence-electron chi connectivity index (χ4n) is 3.48. The molecule has 0 unspecified atom stereocenters. The van der Waals surface area contributed by atoms with Crippen molar-refractivity contribution in [3.63, 3.8) is 0 Å². The van der Waals surface area contributed by atoms with E-state index in [1.54, 1.807) is 22.9 Å². The SMILES string of the molecule is CCOc1ccccc1NC(=O)Cn1cnc2c(cnn2-c2ccc(C)cc2C)c1=O. The van der Waals surface area contributed by atoms with Crippen LogP contribution in [0.4, 0.5) is 5.69 Å². The third-order valence-corrected chi connectivity index (χ3v) is 4.91. The maximum atomic E-state index is 12.9. The topological polar surface area (TPSA) is 91.0 Å². The Bertz CT molecular complexity index is 1320. The first-order valence-corrected chi connectivity index (χ1v) is 10.0. The number of aryl methyl sites for hydroxylation is 2. The van der Waals surface area contributed by atoms with Crippen LogP contribution in [0.5, 0.6) is 5.75 Å². The molecule has 2 aromatic heterocycles. The average Bonchev–Trinajstić information content (AvgIpc) is 3.16. The van der Waals surface area contributed by atoms with Crippen LogP contribution in [0, 0.1) is 13.8 Å². The van der Waals surface area contributed by atoms with Crippen molar-refractivity contribution in [3.8, 4) is 11.4 Å². The predicted molar refractivity (Wildman–Crippen MR) is 119 cm³/mol. The van der Waals surface area contributed by atoms with Crippen molar-refractivity contribution < 1.29 is 9.53 Å². The summed E-state index contributed by atoms with van der Waals surface area (Å²) in [6.07, 6.45) is 2.86. The summed E-state index contributed by atoms with van der Waals surface area (Å²) < 4.78 is 8.44. The Kier molecular flexibility index (Phi) is 5.53. The van der Waals surface area contributed by atoms with E-state index in [0.29, 0.717) is 29.1 Å². The largest absolute Gasteiger partial charge is 0.492 e. The number of hydrogen-bond donors (Lipinski definition) is 1. The molecule has 2 aromatic carbocycles. The van der Waals surface area contributed by atoms with Gasteiger partial charge >= 0.3 is 0 Å². The summed E-state index contributed by atoms with van der Waals surface area (Å²) in [7, 11) is 0. The molecular formula is C23H23N5O3. The molecular weight excluding hydrogens is 394 g/mol.